The molecule has 5 rings (SSSR count). The smallest absolute Gasteiger partial charge is 0.177 e. The van der Waals surface area contributed by atoms with E-state index < -0.39 is 5.82 Å². The van der Waals surface area contributed by atoms with Crippen molar-refractivity contribution in [2.45, 2.75) is 18.9 Å². The summed E-state index contributed by atoms with van der Waals surface area (Å²) in [6.45, 7) is 3.07. The molecule has 3 N–H and O–H groups in total. The van der Waals surface area contributed by atoms with E-state index in [1.54, 1.807) is 18.3 Å². The van der Waals surface area contributed by atoms with Gasteiger partial charge in [0.25, 0.3) is 0 Å². The highest BCUT2D eigenvalue weighted by atomic mass is 35.5. The third-order valence-corrected chi connectivity index (χ3v) is 6.33. The van der Waals surface area contributed by atoms with Crippen molar-refractivity contribution in [3.8, 4) is 11.3 Å². The Hall–Kier alpha value is -2.29. The van der Waals surface area contributed by atoms with Crippen molar-refractivity contribution in [2.24, 2.45) is 11.1 Å². The van der Waals surface area contributed by atoms with Gasteiger partial charge in [0.05, 0.1) is 30.0 Å². The zero-order valence-electron chi connectivity index (χ0n) is 15.2. The number of ether oxygens (including phenoxy) is 1. The standard InChI is InChI=1S/C19H20ClFN6O/c20-11-2-1-3-12(21)15(11)16-17-18(26-25-16)24-14(8-23-17)27-6-4-19(5-7-27)10-28-9-13(19)22/h1-3,8,13H,4-7,9-10,22H2,(H,24,25,26)/t13-/m1/s1. The van der Waals surface area contributed by atoms with E-state index in [1.807, 2.05) is 0 Å². The third-order valence-electron chi connectivity index (χ3n) is 6.01. The molecule has 1 aromatic carbocycles. The summed E-state index contributed by atoms with van der Waals surface area (Å²) in [7, 11) is 0. The third kappa shape index (κ3) is 2.75. The number of nitrogens with two attached hydrogens (primary N) is 1. The van der Waals surface area contributed by atoms with Crippen molar-refractivity contribution >= 4 is 28.6 Å². The molecule has 0 bridgehead atoms. The molecular weight excluding hydrogens is 383 g/mol. The van der Waals surface area contributed by atoms with E-state index in [9.17, 15) is 4.39 Å². The van der Waals surface area contributed by atoms with E-state index in [-0.39, 0.29) is 22.0 Å². The molecule has 1 atom stereocenters. The molecule has 9 heteroatoms. The van der Waals surface area contributed by atoms with Crippen LogP contribution in [0.1, 0.15) is 12.8 Å². The Labute approximate surface area is 166 Å². The molecule has 146 valence electrons. The molecule has 28 heavy (non-hydrogen) atoms. The fourth-order valence-electron chi connectivity index (χ4n) is 4.21. The summed E-state index contributed by atoms with van der Waals surface area (Å²) in [6, 6.07) is 4.64. The minimum absolute atomic E-state index is 0.0801. The lowest BCUT2D eigenvalue weighted by Gasteiger charge is -2.41. The average Bonchev–Trinajstić information content (AvgIpc) is 3.26. The summed E-state index contributed by atoms with van der Waals surface area (Å²) in [4.78, 5) is 11.4. The number of hydrogen-bond donors (Lipinski definition) is 2. The van der Waals surface area contributed by atoms with Crippen molar-refractivity contribution in [3.05, 3.63) is 35.2 Å². The van der Waals surface area contributed by atoms with Gasteiger partial charge in [0.2, 0.25) is 0 Å². The normalized spacial score (nSPS) is 21.7. The number of aromatic nitrogens is 4. The van der Waals surface area contributed by atoms with E-state index in [2.05, 4.69) is 25.1 Å². The first-order valence-corrected chi connectivity index (χ1v) is 9.69. The van der Waals surface area contributed by atoms with Crippen LogP contribution in [0.3, 0.4) is 0 Å². The van der Waals surface area contributed by atoms with Crippen molar-refractivity contribution in [1.82, 2.24) is 20.2 Å². The summed E-state index contributed by atoms with van der Waals surface area (Å²) < 4.78 is 19.9. The van der Waals surface area contributed by atoms with Gasteiger partial charge in [0.15, 0.2) is 5.65 Å². The molecule has 4 heterocycles. The van der Waals surface area contributed by atoms with Gasteiger partial charge in [-0.1, -0.05) is 17.7 Å². The Kier molecular flexibility index (Phi) is 4.22. The number of nitrogens with one attached hydrogen (secondary N) is 1. The first-order chi connectivity index (χ1) is 13.6. The number of hydrogen-bond acceptors (Lipinski definition) is 6. The van der Waals surface area contributed by atoms with Gasteiger partial charge in [0.1, 0.15) is 22.8 Å². The topological polar surface area (TPSA) is 93.0 Å². The average molecular weight is 403 g/mol. The van der Waals surface area contributed by atoms with E-state index in [1.165, 1.54) is 6.07 Å². The summed E-state index contributed by atoms with van der Waals surface area (Å²) in [5, 5.41) is 7.36. The second-order valence-corrected chi connectivity index (χ2v) is 7.97. The van der Waals surface area contributed by atoms with Crippen LogP contribution in [-0.2, 0) is 4.74 Å². The molecule has 2 aromatic heterocycles. The second kappa shape index (κ2) is 6.65. The van der Waals surface area contributed by atoms with Crippen LogP contribution in [0.4, 0.5) is 10.2 Å². The van der Waals surface area contributed by atoms with E-state index in [0.29, 0.717) is 23.5 Å². The molecule has 7 nitrogen and oxygen atoms in total. The quantitative estimate of drug-likeness (QED) is 0.684. The number of benzene rings is 1. The van der Waals surface area contributed by atoms with Gasteiger partial charge in [-0.2, -0.15) is 5.10 Å². The number of aromatic amines is 1. The summed E-state index contributed by atoms with van der Waals surface area (Å²) in [5.41, 5.74) is 7.94. The van der Waals surface area contributed by atoms with Gasteiger partial charge in [-0.3, -0.25) is 5.10 Å². The number of anilines is 1. The Morgan fingerprint density at radius 2 is 2.14 bits per heavy atom. The van der Waals surface area contributed by atoms with Gasteiger partial charge in [-0.05, 0) is 25.0 Å². The Morgan fingerprint density at radius 3 is 2.86 bits per heavy atom. The van der Waals surface area contributed by atoms with Crippen molar-refractivity contribution in [3.63, 3.8) is 0 Å². The maximum atomic E-state index is 14.3. The molecule has 2 fully saturated rings. The molecule has 3 aromatic rings. The van der Waals surface area contributed by atoms with Crippen LogP contribution in [-0.4, -0.2) is 52.5 Å². The molecule has 2 aliphatic rings. The summed E-state index contributed by atoms with van der Waals surface area (Å²) >= 11 is 6.17. The number of H-pyrrole nitrogens is 1. The van der Waals surface area contributed by atoms with E-state index in [0.717, 1.165) is 38.4 Å². The van der Waals surface area contributed by atoms with Gasteiger partial charge in [0, 0.05) is 24.5 Å². The lowest BCUT2D eigenvalue weighted by Crippen LogP contribution is -2.49. The van der Waals surface area contributed by atoms with Crippen LogP contribution in [0.25, 0.3) is 22.4 Å². The van der Waals surface area contributed by atoms with Gasteiger partial charge in [-0.25, -0.2) is 14.4 Å². The van der Waals surface area contributed by atoms with Crippen molar-refractivity contribution in [2.75, 3.05) is 31.2 Å². The zero-order valence-corrected chi connectivity index (χ0v) is 15.9. The molecule has 1 spiro atoms. The predicted octanol–water partition coefficient (Wildman–Crippen LogP) is 2.76. The van der Waals surface area contributed by atoms with Crippen LogP contribution < -0.4 is 10.6 Å². The molecule has 2 saturated heterocycles. The maximum Gasteiger partial charge on any atom is 0.177 e. The van der Waals surface area contributed by atoms with E-state index >= 15 is 0 Å². The first-order valence-electron chi connectivity index (χ1n) is 9.31. The van der Waals surface area contributed by atoms with Crippen molar-refractivity contribution < 1.29 is 9.13 Å². The summed E-state index contributed by atoms with van der Waals surface area (Å²) in [5.74, 6) is 0.327. The highest BCUT2D eigenvalue weighted by Crippen LogP contribution is 2.39. The minimum Gasteiger partial charge on any atom is -0.379 e. The van der Waals surface area contributed by atoms with Gasteiger partial charge < -0.3 is 15.4 Å². The number of halogens is 2. The number of fused-ring (bicyclic) bond motifs is 1. The fraction of sp³-hybridized carbons (Fsp3) is 0.421. The molecule has 0 saturated carbocycles. The monoisotopic (exact) mass is 402 g/mol. The zero-order chi connectivity index (χ0) is 19.3. The van der Waals surface area contributed by atoms with Crippen LogP contribution in [0.15, 0.2) is 24.4 Å². The fourth-order valence-corrected chi connectivity index (χ4v) is 4.47. The number of piperidine rings is 1. The Morgan fingerprint density at radius 1 is 1.32 bits per heavy atom. The molecule has 0 amide bonds. The van der Waals surface area contributed by atoms with Gasteiger partial charge in [-0.15, -0.1) is 0 Å². The highest BCUT2D eigenvalue weighted by Gasteiger charge is 2.44. The molecule has 0 aliphatic carbocycles. The number of rotatable bonds is 2. The van der Waals surface area contributed by atoms with Crippen LogP contribution in [0, 0.1) is 11.2 Å². The minimum atomic E-state index is -0.441. The predicted molar refractivity (Wildman–Crippen MR) is 105 cm³/mol. The second-order valence-electron chi connectivity index (χ2n) is 7.57. The molecule has 2 aliphatic heterocycles. The lowest BCUT2D eigenvalue weighted by molar-refractivity contribution is 0.131. The maximum absolute atomic E-state index is 14.3. The largest absolute Gasteiger partial charge is 0.379 e. The summed E-state index contributed by atoms with van der Waals surface area (Å²) in [6.07, 6.45) is 3.64. The SMILES string of the molecule is N[C@@H]1COCC12CCN(c1cnc3c(-c4c(F)cccc4Cl)n[nH]c3n1)CC2. The molecular formula is C19H20ClFN6O. The highest BCUT2D eigenvalue weighted by molar-refractivity contribution is 6.33. The molecule has 0 unspecified atom stereocenters. The van der Waals surface area contributed by atoms with Crippen LogP contribution in [0.2, 0.25) is 5.02 Å². The van der Waals surface area contributed by atoms with Crippen LogP contribution in [0.5, 0.6) is 0 Å². The Bertz CT molecular complexity index is 1010. The first kappa shape index (κ1) is 17.8. The number of nitrogens with zero attached hydrogens (tertiary/aromatic N) is 4. The van der Waals surface area contributed by atoms with E-state index in [4.69, 9.17) is 22.1 Å². The van der Waals surface area contributed by atoms with Gasteiger partial charge >= 0.3 is 0 Å². The van der Waals surface area contributed by atoms with Crippen molar-refractivity contribution in [1.29, 1.82) is 0 Å². The van der Waals surface area contributed by atoms with Crippen LogP contribution >= 0.6 is 11.6 Å². The Balaban J connectivity index is 1.43. The molecule has 0 radical (unpaired) electrons. The lowest BCUT2D eigenvalue weighted by atomic mass is 9.75.